The van der Waals surface area contributed by atoms with Gasteiger partial charge >= 0.3 is 6.09 Å². The van der Waals surface area contributed by atoms with Crippen molar-refractivity contribution in [2.24, 2.45) is 0 Å². The first kappa shape index (κ1) is 16.4. The third-order valence-corrected chi connectivity index (χ3v) is 4.30. The Morgan fingerprint density at radius 2 is 1.81 bits per heavy atom. The minimum absolute atomic E-state index is 0.275. The lowest BCUT2D eigenvalue weighted by atomic mass is 10.2. The number of para-hydroxylation sites is 1. The van der Waals surface area contributed by atoms with Crippen LogP contribution in [0.1, 0.15) is 11.1 Å². The van der Waals surface area contributed by atoms with E-state index in [1.54, 1.807) is 4.90 Å². The number of aromatic nitrogens is 2. The number of cyclic esters (lactones) is 1. The van der Waals surface area contributed by atoms with Gasteiger partial charge in [-0.05, 0) is 29.8 Å². The largest absolute Gasteiger partial charge is 0.447 e. The molecule has 6 heteroatoms. The first-order valence-electron chi connectivity index (χ1n) is 8.62. The molecule has 1 saturated heterocycles. The van der Waals surface area contributed by atoms with Crippen LogP contribution in [0.4, 0.5) is 10.5 Å². The molecule has 1 N–H and O–H groups in total. The molecule has 1 amide bonds. The van der Waals surface area contributed by atoms with Crippen molar-refractivity contribution < 1.29 is 9.53 Å². The zero-order valence-electron chi connectivity index (χ0n) is 14.3. The summed E-state index contributed by atoms with van der Waals surface area (Å²) in [6.45, 7) is 2.50. The number of nitrogens with zero attached hydrogens (tertiary/aromatic N) is 3. The highest BCUT2D eigenvalue weighted by Gasteiger charge is 2.23. The number of carbonyl (C=O) groups excluding carboxylic acids is 1. The molecular weight excluding hydrogens is 328 g/mol. The van der Waals surface area contributed by atoms with E-state index in [4.69, 9.17) is 4.74 Å². The van der Waals surface area contributed by atoms with E-state index in [0.29, 0.717) is 19.7 Å². The van der Waals surface area contributed by atoms with Crippen molar-refractivity contribution in [3.63, 3.8) is 0 Å². The minimum atomic E-state index is -0.275. The molecule has 3 aromatic rings. The van der Waals surface area contributed by atoms with Crippen LogP contribution in [0.25, 0.3) is 5.69 Å². The van der Waals surface area contributed by atoms with Gasteiger partial charge in [0.1, 0.15) is 6.61 Å². The van der Waals surface area contributed by atoms with Gasteiger partial charge < -0.3 is 10.1 Å². The van der Waals surface area contributed by atoms with E-state index < -0.39 is 0 Å². The summed E-state index contributed by atoms with van der Waals surface area (Å²) in [5, 5.41) is 7.83. The molecule has 0 unspecified atom stereocenters. The molecule has 26 heavy (non-hydrogen) atoms. The van der Waals surface area contributed by atoms with Gasteiger partial charge in [-0.3, -0.25) is 4.90 Å². The van der Waals surface area contributed by atoms with E-state index in [2.05, 4.69) is 10.4 Å². The highest BCUT2D eigenvalue weighted by Crippen LogP contribution is 2.20. The number of hydrogen-bond acceptors (Lipinski definition) is 4. The van der Waals surface area contributed by atoms with Crippen LogP contribution in [-0.2, 0) is 17.8 Å². The molecule has 0 atom stereocenters. The number of benzene rings is 2. The van der Waals surface area contributed by atoms with Crippen molar-refractivity contribution in [3.05, 3.63) is 78.1 Å². The molecule has 1 aliphatic rings. The zero-order chi connectivity index (χ0) is 17.8. The lowest BCUT2D eigenvalue weighted by Crippen LogP contribution is -2.23. The lowest BCUT2D eigenvalue weighted by Gasteiger charge is -2.14. The molecule has 1 fully saturated rings. The maximum atomic E-state index is 11.7. The van der Waals surface area contributed by atoms with Crippen molar-refractivity contribution in [2.45, 2.75) is 13.1 Å². The Bertz CT molecular complexity index is 892. The molecule has 2 aromatic carbocycles. The Morgan fingerprint density at radius 3 is 2.62 bits per heavy atom. The third kappa shape index (κ3) is 3.60. The molecule has 132 valence electrons. The maximum Gasteiger partial charge on any atom is 0.414 e. The molecule has 0 radical (unpaired) electrons. The molecule has 0 bridgehead atoms. The summed E-state index contributed by atoms with van der Waals surface area (Å²) < 4.78 is 6.87. The van der Waals surface area contributed by atoms with Gasteiger partial charge in [-0.1, -0.05) is 30.3 Å². The Kier molecular flexibility index (Phi) is 4.66. The van der Waals surface area contributed by atoms with Gasteiger partial charge in [0.15, 0.2) is 0 Å². The summed E-state index contributed by atoms with van der Waals surface area (Å²) in [5.74, 6) is 0. The molecule has 6 nitrogen and oxygen atoms in total. The number of ether oxygens (including phenoxy) is 1. The summed E-state index contributed by atoms with van der Waals surface area (Å²) in [6, 6.07) is 18.0. The normalized spacial score (nSPS) is 13.8. The molecule has 2 heterocycles. The topological polar surface area (TPSA) is 59.4 Å². The van der Waals surface area contributed by atoms with Crippen LogP contribution in [0.2, 0.25) is 0 Å². The second-order valence-electron chi connectivity index (χ2n) is 6.17. The Morgan fingerprint density at radius 1 is 1.00 bits per heavy atom. The molecular formula is C20H20N4O2. The fraction of sp³-hybridized carbons (Fsp3) is 0.200. The van der Waals surface area contributed by atoms with Crippen LogP contribution >= 0.6 is 0 Å². The lowest BCUT2D eigenvalue weighted by molar-refractivity contribution is 0.181. The molecule has 0 aliphatic carbocycles. The van der Waals surface area contributed by atoms with E-state index in [1.165, 1.54) is 0 Å². The predicted octanol–water partition coefficient (Wildman–Crippen LogP) is 3.12. The first-order chi connectivity index (χ1) is 12.8. The Labute approximate surface area is 152 Å². The smallest absolute Gasteiger partial charge is 0.414 e. The van der Waals surface area contributed by atoms with Crippen molar-refractivity contribution in [1.82, 2.24) is 15.1 Å². The van der Waals surface area contributed by atoms with E-state index in [0.717, 1.165) is 29.0 Å². The van der Waals surface area contributed by atoms with Crippen LogP contribution < -0.4 is 10.2 Å². The van der Waals surface area contributed by atoms with Gasteiger partial charge in [0.2, 0.25) is 0 Å². The van der Waals surface area contributed by atoms with E-state index in [-0.39, 0.29) is 6.09 Å². The second-order valence-corrected chi connectivity index (χ2v) is 6.17. The maximum absolute atomic E-state index is 11.7. The van der Waals surface area contributed by atoms with E-state index >= 15 is 0 Å². The van der Waals surface area contributed by atoms with Crippen LogP contribution in [0.5, 0.6) is 0 Å². The van der Waals surface area contributed by atoms with Crippen molar-refractivity contribution >= 4 is 11.8 Å². The van der Waals surface area contributed by atoms with Crippen molar-refractivity contribution in [1.29, 1.82) is 0 Å². The van der Waals surface area contributed by atoms with Crippen molar-refractivity contribution in [3.8, 4) is 5.69 Å². The summed E-state index contributed by atoms with van der Waals surface area (Å²) in [5.41, 5.74) is 4.17. The monoisotopic (exact) mass is 348 g/mol. The molecule has 0 saturated carbocycles. The molecule has 1 aliphatic heterocycles. The Balaban J connectivity index is 1.35. The molecule has 4 rings (SSSR count). The van der Waals surface area contributed by atoms with Gasteiger partial charge in [-0.2, -0.15) is 5.10 Å². The summed E-state index contributed by atoms with van der Waals surface area (Å²) in [7, 11) is 0. The molecule has 0 spiro atoms. The number of amides is 1. The number of carbonyl (C=O) groups is 1. The quantitative estimate of drug-likeness (QED) is 0.744. The van der Waals surface area contributed by atoms with Crippen LogP contribution in [0.15, 0.2) is 67.0 Å². The summed E-state index contributed by atoms with van der Waals surface area (Å²) >= 11 is 0. The summed E-state index contributed by atoms with van der Waals surface area (Å²) in [4.78, 5) is 13.3. The van der Waals surface area contributed by atoms with E-state index in [9.17, 15) is 4.79 Å². The number of nitrogens with one attached hydrogen (secondary N) is 1. The van der Waals surface area contributed by atoms with E-state index in [1.807, 2.05) is 71.7 Å². The van der Waals surface area contributed by atoms with Gasteiger partial charge in [-0.15, -0.1) is 0 Å². The highest BCUT2D eigenvalue weighted by atomic mass is 16.6. The fourth-order valence-corrected chi connectivity index (χ4v) is 2.99. The van der Waals surface area contributed by atoms with Crippen LogP contribution in [0.3, 0.4) is 0 Å². The van der Waals surface area contributed by atoms with Crippen molar-refractivity contribution in [2.75, 3.05) is 18.1 Å². The fourth-order valence-electron chi connectivity index (χ4n) is 2.99. The second kappa shape index (κ2) is 7.41. The van der Waals surface area contributed by atoms with Gasteiger partial charge in [-0.25, -0.2) is 9.48 Å². The minimum Gasteiger partial charge on any atom is -0.447 e. The van der Waals surface area contributed by atoms with Crippen LogP contribution in [-0.4, -0.2) is 29.0 Å². The predicted molar refractivity (Wildman–Crippen MR) is 99.2 cm³/mol. The third-order valence-electron chi connectivity index (χ3n) is 4.30. The average Bonchev–Trinajstić information content (AvgIpc) is 3.32. The van der Waals surface area contributed by atoms with Gasteiger partial charge in [0, 0.05) is 30.5 Å². The van der Waals surface area contributed by atoms with Gasteiger partial charge in [0.05, 0.1) is 18.4 Å². The zero-order valence-corrected chi connectivity index (χ0v) is 14.3. The van der Waals surface area contributed by atoms with Gasteiger partial charge in [0.25, 0.3) is 0 Å². The Hall–Kier alpha value is -3.12. The SMILES string of the molecule is O=C1OCCN1c1cccc(CNCc2cnn(-c3ccccc3)c2)c1. The highest BCUT2D eigenvalue weighted by molar-refractivity contribution is 5.89. The van der Waals surface area contributed by atoms with Crippen LogP contribution in [0, 0.1) is 0 Å². The number of rotatable bonds is 6. The number of hydrogen-bond donors (Lipinski definition) is 1. The standard InChI is InChI=1S/C20H20N4O2/c25-20-23(9-10-26-20)19-8-4-5-16(11-19)12-21-13-17-14-22-24(15-17)18-6-2-1-3-7-18/h1-8,11,14-15,21H,9-10,12-13H2. The molecule has 1 aromatic heterocycles. The average molecular weight is 348 g/mol. The first-order valence-corrected chi connectivity index (χ1v) is 8.62. The summed E-state index contributed by atoms with van der Waals surface area (Å²) in [6.07, 6.45) is 3.62. The number of anilines is 1.